The van der Waals surface area contributed by atoms with Gasteiger partial charge in [0.15, 0.2) is 6.10 Å². The number of carboxylic acid groups (broad SMARTS) is 1. The van der Waals surface area contributed by atoms with Gasteiger partial charge in [-0.3, -0.25) is 0 Å². The van der Waals surface area contributed by atoms with Crippen molar-refractivity contribution in [3.8, 4) is 0 Å². The number of rotatable bonds is 3. The van der Waals surface area contributed by atoms with Crippen LogP contribution in [0.1, 0.15) is 33.6 Å². The minimum Gasteiger partial charge on any atom is -0.479 e. The standard InChI is InChI=1S/C11H20N2O4/c1-11(2,3)13-10(16)12-6-7-4-5-8(17-7)9(14)15/h7-8H,4-6H2,1-3H3,(H,14,15)(H2,12,13,16). The lowest BCUT2D eigenvalue weighted by Crippen LogP contribution is -2.48. The fourth-order valence-electron chi connectivity index (χ4n) is 1.63. The van der Waals surface area contributed by atoms with Gasteiger partial charge in [0.1, 0.15) is 0 Å². The molecule has 1 rings (SSSR count). The predicted molar refractivity (Wildman–Crippen MR) is 61.8 cm³/mol. The van der Waals surface area contributed by atoms with Crippen molar-refractivity contribution in [2.45, 2.75) is 51.4 Å². The second-order valence-corrected chi connectivity index (χ2v) is 5.25. The fourth-order valence-corrected chi connectivity index (χ4v) is 1.63. The summed E-state index contributed by atoms with van der Waals surface area (Å²) in [5.41, 5.74) is -0.287. The smallest absolute Gasteiger partial charge is 0.332 e. The van der Waals surface area contributed by atoms with E-state index in [0.717, 1.165) is 0 Å². The van der Waals surface area contributed by atoms with Crippen LogP contribution in [0.2, 0.25) is 0 Å². The Morgan fingerprint density at radius 2 is 2.00 bits per heavy atom. The van der Waals surface area contributed by atoms with Gasteiger partial charge in [-0.05, 0) is 33.6 Å². The predicted octanol–water partition coefficient (Wildman–Crippen LogP) is 0.716. The van der Waals surface area contributed by atoms with Gasteiger partial charge < -0.3 is 20.5 Å². The quantitative estimate of drug-likeness (QED) is 0.682. The van der Waals surface area contributed by atoms with Gasteiger partial charge in [-0.15, -0.1) is 0 Å². The lowest BCUT2D eigenvalue weighted by atomic mass is 10.1. The molecule has 6 heteroatoms. The molecule has 1 saturated heterocycles. The zero-order valence-corrected chi connectivity index (χ0v) is 10.4. The van der Waals surface area contributed by atoms with E-state index in [1.165, 1.54) is 0 Å². The van der Waals surface area contributed by atoms with Crippen LogP contribution in [0.3, 0.4) is 0 Å². The zero-order chi connectivity index (χ0) is 13.1. The van der Waals surface area contributed by atoms with Crippen molar-refractivity contribution in [1.82, 2.24) is 10.6 Å². The Hall–Kier alpha value is -1.30. The summed E-state index contributed by atoms with van der Waals surface area (Å²) in [6, 6.07) is -0.264. The average molecular weight is 244 g/mol. The van der Waals surface area contributed by atoms with Crippen molar-refractivity contribution in [2.75, 3.05) is 6.54 Å². The molecule has 3 N–H and O–H groups in total. The topological polar surface area (TPSA) is 87.7 Å². The SMILES string of the molecule is CC(C)(C)NC(=O)NCC1CCC(C(=O)O)O1. The van der Waals surface area contributed by atoms with Crippen LogP contribution in [0.4, 0.5) is 4.79 Å². The van der Waals surface area contributed by atoms with Gasteiger partial charge in [0.2, 0.25) is 0 Å². The third-order valence-electron chi connectivity index (χ3n) is 2.36. The second kappa shape index (κ2) is 5.35. The number of aliphatic carboxylic acids is 1. The van der Waals surface area contributed by atoms with Crippen molar-refractivity contribution < 1.29 is 19.4 Å². The molecule has 6 nitrogen and oxygen atoms in total. The van der Waals surface area contributed by atoms with Gasteiger partial charge >= 0.3 is 12.0 Å². The zero-order valence-electron chi connectivity index (χ0n) is 10.4. The molecule has 2 amide bonds. The average Bonchev–Trinajstić information content (AvgIpc) is 2.60. The van der Waals surface area contributed by atoms with Gasteiger partial charge in [-0.2, -0.15) is 0 Å². The van der Waals surface area contributed by atoms with Crippen molar-refractivity contribution in [2.24, 2.45) is 0 Å². The molecule has 0 spiro atoms. The number of hydrogen-bond donors (Lipinski definition) is 3. The highest BCUT2D eigenvalue weighted by molar-refractivity contribution is 5.74. The van der Waals surface area contributed by atoms with E-state index in [-0.39, 0.29) is 17.7 Å². The number of ether oxygens (including phenoxy) is 1. The van der Waals surface area contributed by atoms with E-state index in [4.69, 9.17) is 9.84 Å². The molecule has 0 aromatic carbocycles. The highest BCUT2D eigenvalue weighted by Crippen LogP contribution is 2.19. The van der Waals surface area contributed by atoms with E-state index in [0.29, 0.717) is 19.4 Å². The Morgan fingerprint density at radius 3 is 2.47 bits per heavy atom. The molecule has 0 aromatic rings. The van der Waals surface area contributed by atoms with E-state index < -0.39 is 12.1 Å². The molecule has 2 atom stereocenters. The van der Waals surface area contributed by atoms with E-state index in [1.807, 2.05) is 20.8 Å². The van der Waals surface area contributed by atoms with Crippen molar-refractivity contribution in [3.63, 3.8) is 0 Å². The summed E-state index contributed by atoms with van der Waals surface area (Å²) in [5, 5.41) is 14.2. The highest BCUT2D eigenvalue weighted by atomic mass is 16.5. The summed E-state index contributed by atoms with van der Waals surface area (Å²) in [6.07, 6.45) is 0.226. The normalized spacial score (nSPS) is 24.4. The maximum Gasteiger partial charge on any atom is 0.332 e. The van der Waals surface area contributed by atoms with Crippen LogP contribution in [-0.4, -0.2) is 41.4 Å². The number of nitrogens with one attached hydrogen (secondary N) is 2. The van der Waals surface area contributed by atoms with Crippen molar-refractivity contribution in [1.29, 1.82) is 0 Å². The van der Waals surface area contributed by atoms with Gasteiger partial charge in [0.05, 0.1) is 6.10 Å². The van der Waals surface area contributed by atoms with Gasteiger partial charge in [0, 0.05) is 12.1 Å². The molecule has 0 radical (unpaired) electrons. The minimum absolute atomic E-state index is 0.207. The first-order chi connectivity index (χ1) is 7.78. The Kier molecular flexibility index (Phi) is 4.34. The second-order valence-electron chi connectivity index (χ2n) is 5.25. The molecular formula is C11H20N2O4. The summed E-state index contributed by atoms with van der Waals surface area (Å²) in [4.78, 5) is 22.1. The summed E-state index contributed by atoms with van der Waals surface area (Å²) < 4.78 is 5.26. The first kappa shape index (κ1) is 13.8. The lowest BCUT2D eigenvalue weighted by molar-refractivity contribution is -0.149. The number of urea groups is 1. The Balaban J connectivity index is 2.24. The third kappa shape index (κ3) is 5.04. The van der Waals surface area contributed by atoms with Crippen LogP contribution in [0.25, 0.3) is 0 Å². The molecule has 1 aliphatic heterocycles. The molecule has 2 unspecified atom stereocenters. The van der Waals surface area contributed by atoms with Gasteiger partial charge in [-0.25, -0.2) is 9.59 Å². The van der Waals surface area contributed by atoms with Crippen LogP contribution < -0.4 is 10.6 Å². The highest BCUT2D eigenvalue weighted by Gasteiger charge is 2.30. The molecule has 0 aliphatic carbocycles. The molecule has 98 valence electrons. The van der Waals surface area contributed by atoms with Crippen LogP contribution in [-0.2, 0) is 9.53 Å². The first-order valence-electron chi connectivity index (χ1n) is 5.72. The Bertz CT molecular complexity index is 298. The van der Waals surface area contributed by atoms with Crippen LogP contribution in [0.15, 0.2) is 0 Å². The number of amides is 2. The molecular weight excluding hydrogens is 224 g/mol. The van der Waals surface area contributed by atoms with E-state index >= 15 is 0 Å². The Morgan fingerprint density at radius 1 is 1.35 bits per heavy atom. The molecule has 1 aliphatic rings. The number of carbonyl (C=O) groups is 2. The monoisotopic (exact) mass is 244 g/mol. The van der Waals surface area contributed by atoms with Crippen LogP contribution in [0, 0.1) is 0 Å². The number of carboxylic acids is 1. The van der Waals surface area contributed by atoms with Crippen molar-refractivity contribution >= 4 is 12.0 Å². The minimum atomic E-state index is -0.938. The summed E-state index contributed by atoms with van der Waals surface area (Å²) in [7, 11) is 0. The Labute approximate surface area is 101 Å². The lowest BCUT2D eigenvalue weighted by Gasteiger charge is -2.21. The summed E-state index contributed by atoms with van der Waals surface area (Å²) in [6.45, 7) is 6.00. The van der Waals surface area contributed by atoms with E-state index in [2.05, 4.69) is 10.6 Å². The van der Waals surface area contributed by atoms with Gasteiger partial charge in [-0.1, -0.05) is 0 Å². The summed E-state index contributed by atoms with van der Waals surface area (Å²) >= 11 is 0. The molecule has 1 fully saturated rings. The molecule has 0 saturated carbocycles. The largest absolute Gasteiger partial charge is 0.479 e. The maximum absolute atomic E-state index is 11.4. The molecule has 1 heterocycles. The van der Waals surface area contributed by atoms with E-state index in [1.54, 1.807) is 0 Å². The number of carbonyl (C=O) groups excluding carboxylic acids is 1. The third-order valence-corrected chi connectivity index (χ3v) is 2.36. The number of hydrogen-bond acceptors (Lipinski definition) is 3. The maximum atomic E-state index is 11.4. The van der Waals surface area contributed by atoms with Crippen LogP contribution >= 0.6 is 0 Å². The van der Waals surface area contributed by atoms with Crippen molar-refractivity contribution in [3.05, 3.63) is 0 Å². The van der Waals surface area contributed by atoms with E-state index in [9.17, 15) is 9.59 Å². The fraction of sp³-hybridized carbons (Fsp3) is 0.818. The molecule has 17 heavy (non-hydrogen) atoms. The first-order valence-corrected chi connectivity index (χ1v) is 5.72. The van der Waals surface area contributed by atoms with Crippen LogP contribution in [0.5, 0.6) is 0 Å². The van der Waals surface area contributed by atoms with Gasteiger partial charge in [0.25, 0.3) is 0 Å². The molecule has 0 aromatic heterocycles. The molecule has 0 bridgehead atoms. The summed E-state index contributed by atoms with van der Waals surface area (Å²) in [5.74, 6) is -0.938.